The predicted octanol–water partition coefficient (Wildman–Crippen LogP) is 4.69. The van der Waals surface area contributed by atoms with Crippen LogP contribution in [0.15, 0.2) is 66.7 Å². The third-order valence-corrected chi connectivity index (χ3v) is 4.52. The molecule has 27 heavy (non-hydrogen) atoms. The van der Waals surface area contributed by atoms with E-state index >= 15 is 0 Å². The smallest absolute Gasteiger partial charge is 0.258 e. The van der Waals surface area contributed by atoms with Crippen LogP contribution in [0.25, 0.3) is 10.8 Å². The van der Waals surface area contributed by atoms with Crippen molar-refractivity contribution in [1.82, 2.24) is 5.32 Å². The molecule has 3 rings (SSSR count). The van der Waals surface area contributed by atoms with Crippen LogP contribution in [0, 0.1) is 0 Å². The molecular formula is C23H23NO3. The van der Waals surface area contributed by atoms with Gasteiger partial charge in [0.2, 0.25) is 0 Å². The number of amides is 1. The molecule has 0 aliphatic rings. The fourth-order valence-corrected chi connectivity index (χ4v) is 2.93. The molecule has 0 aliphatic heterocycles. The number of ether oxygens (including phenoxy) is 1. The van der Waals surface area contributed by atoms with Gasteiger partial charge in [0.1, 0.15) is 5.75 Å². The summed E-state index contributed by atoms with van der Waals surface area (Å²) in [6.45, 7) is 3.71. The van der Waals surface area contributed by atoms with Crippen LogP contribution in [0.4, 0.5) is 0 Å². The van der Waals surface area contributed by atoms with E-state index in [9.17, 15) is 9.59 Å². The lowest BCUT2D eigenvalue weighted by Crippen LogP contribution is -2.31. The van der Waals surface area contributed by atoms with E-state index < -0.39 is 0 Å². The Hall–Kier alpha value is -3.14. The average Bonchev–Trinajstić information content (AvgIpc) is 2.71. The lowest BCUT2D eigenvalue weighted by atomic mass is 10.0. The molecule has 0 spiro atoms. The van der Waals surface area contributed by atoms with Gasteiger partial charge >= 0.3 is 0 Å². The van der Waals surface area contributed by atoms with E-state index in [-0.39, 0.29) is 24.3 Å². The van der Waals surface area contributed by atoms with Gasteiger partial charge < -0.3 is 10.1 Å². The second-order valence-corrected chi connectivity index (χ2v) is 6.49. The minimum atomic E-state index is -0.190. The van der Waals surface area contributed by atoms with E-state index in [0.717, 1.165) is 10.9 Å². The molecule has 0 unspecified atom stereocenters. The Balaban J connectivity index is 1.55. The van der Waals surface area contributed by atoms with Crippen molar-refractivity contribution in [2.24, 2.45) is 0 Å². The van der Waals surface area contributed by atoms with Gasteiger partial charge in [-0.2, -0.15) is 0 Å². The van der Waals surface area contributed by atoms with Crippen LogP contribution >= 0.6 is 0 Å². The molecule has 0 saturated carbocycles. The molecule has 1 N–H and O–H groups in total. The molecule has 1 atom stereocenters. The molecule has 0 aliphatic carbocycles. The third kappa shape index (κ3) is 4.73. The van der Waals surface area contributed by atoms with Gasteiger partial charge in [0.05, 0.1) is 6.04 Å². The van der Waals surface area contributed by atoms with E-state index in [1.54, 1.807) is 24.3 Å². The molecule has 4 nitrogen and oxygen atoms in total. The number of carbonyl (C=O) groups is 2. The molecule has 3 aromatic rings. The number of ketones is 1. The number of fused-ring (bicyclic) bond motifs is 1. The summed E-state index contributed by atoms with van der Waals surface area (Å²) in [5.74, 6) is 0.462. The van der Waals surface area contributed by atoms with Crippen LogP contribution in [0.3, 0.4) is 0 Å². The summed E-state index contributed by atoms with van der Waals surface area (Å²) in [5.41, 5.74) is 1.70. The number of carbonyl (C=O) groups excluding carboxylic acids is 2. The second-order valence-electron chi connectivity index (χ2n) is 6.49. The van der Waals surface area contributed by atoms with Crippen LogP contribution in [0.1, 0.15) is 42.2 Å². The Labute approximate surface area is 159 Å². The first kappa shape index (κ1) is 18.6. The zero-order valence-electron chi connectivity index (χ0n) is 15.6. The van der Waals surface area contributed by atoms with E-state index in [0.29, 0.717) is 17.7 Å². The highest BCUT2D eigenvalue weighted by molar-refractivity contribution is 5.95. The number of hydrogen-bond donors (Lipinski definition) is 1. The molecule has 0 bridgehead atoms. The molecule has 1 amide bonds. The molecule has 0 aromatic heterocycles. The number of Topliss-reactive ketones (excluding diaryl/α,β-unsaturated/α-hetero) is 1. The maximum absolute atomic E-state index is 12.2. The standard InChI is InChI=1S/C23H23NO3/c1-3-22(25)18-10-12-21(13-11-18)27-15-23(26)24-16(2)19-9-8-17-6-4-5-7-20(17)14-19/h4-14,16H,3,15H2,1-2H3,(H,24,26)/t16-/m1/s1. The predicted molar refractivity (Wildman–Crippen MR) is 107 cm³/mol. The Morgan fingerprint density at radius 1 is 0.963 bits per heavy atom. The molecule has 0 radical (unpaired) electrons. The van der Waals surface area contributed by atoms with Crippen LogP contribution in [-0.2, 0) is 4.79 Å². The first-order chi connectivity index (χ1) is 13.1. The number of rotatable bonds is 7. The number of benzene rings is 3. The Morgan fingerprint density at radius 3 is 2.37 bits per heavy atom. The number of hydrogen-bond acceptors (Lipinski definition) is 3. The van der Waals surface area contributed by atoms with Gasteiger partial charge in [-0.1, -0.05) is 43.3 Å². The summed E-state index contributed by atoms with van der Waals surface area (Å²) in [4.78, 5) is 23.8. The Bertz CT molecular complexity index is 947. The van der Waals surface area contributed by atoms with Crippen molar-refractivity contribution in [1.29, 1.82) is 0 Å². The van der Waals surface area contributed by atoms with E-state index in [1.165, 1.54) is 5.39 Å². The summed E-state index contributed by atoms with van der Waals surface area (Å²) >= 11 is 0. The maximum atomic E-state index is 12.2. The van der Waals surface area contributed by atoms with E-state index in [2.05, 4.69) is 29.6 Å². The van der Waals surface area contributed by atoms with Crippen molar-refractivity contribution in [3.8, 4) is 5.75 Å². The minimum Gasteiger partial charge on any atom is -0.484 e. The molecule has 0 saturated heterocycles. The van der Waals surface area contributed by atoms with Crippen molar-refractivity contribution < 1.29 is 14.3 Å². The van der Waals surface area contributed by atoms with Crippen molar-refractivity contribution in [3.05, 3.63) is 77.9 Å². The van der Waals surface area contributed by atoms with Crippen LogP contribution < -0.4 is 10.1 Å². The van der Waals surface area contributed by atoms with Gasteiger partial charge in [-0.3, -0.25) is 9.59 Å². The highest BCUT2D eigenvalue weighted by atomic mass is 16.5. The van der Waals surface area contributed by atoms with Crippen LogP contribution in [-0.4, -0.2) is 18.3 Å². The quantitative estimate of drug-likeness (QED) is 0.621. The summed E-state index contributed by atoms with van der Waals surface area (Å²) in [7, 11) is 0. The van der Waals surface area contributed by atoms with Crippen molar-refractivity contribution in [2.75, 3.05) is 6.61 Å². The molecule has 0 fully saturated rings. The van der Waals surface area contributed by atoms with Gasteiger partial charge in [0.25, 0.3) is 5.91 Å². The lowest BCUT2D eigenvalue weighted by Gasteiger charge is -2.15. The molecular weight excluding hydrogens is 338 g/mol. The molecule has 0 heterocycles. The SMILES string of the molecule is CCC(=O)c1ccc(OCC(=O)N[C@H](C)c2ccc3ccccc3c2)cc1. The van der Waals surface area contributed by atoms with Crippen LogP contribution in [0.2, 0.25) is 0 Å². The fourth-order valence-electron chi connectivity index (χ4n) is 2.93. The first-order valence-corrected chi connectivity index (χ1v) is 9.11. The van der Waals surface area contributed by atoms with E-state index in [1.807, 2.05) is 32.0 Å². The van der Waals surface area contributed by atoms with Crippen molar-refractivity contribution in [2.45, 2.75) is 26.3 Å². The third-order valence-electron chi connectivity index (χ3n) is 4.52. The lowest BCUT2D eigenvalue weighted by molar-refractivity contribution is -0.123. The Morgan fingerprint density at radius 2 is 1.67 bits per heavy atom. The Kier molecular flexibility index (Phi) is 5.87. The number of nitrogens with one attached hydrogen (secondary N) is 1. The maximum Gasteiger partial charge on any atom is 0.258 e. The van der Waals surface area contributed by atoms with Gasteiger partial charge in [0, 0.05) is 12.0 Å². The molecule has 3 aromatic carbocycles. The van der Waals surface area contributed by atoms with Crippen molar-refractivity contribution >= 4 is 22.5 Å². The average molecular weight is 361 g/mol. The van der Waals surface area contributed by atoms with Gasteiger partial charge in [0.15, 0.2) is 12.4 Å². The minimum absolute atomic E-state index is 0.0704. The highest BCUT2D eigenvalue weighted by Gasteiger charge is 2.11. The molecule has 4 heteroatoms. The summed E-state index contributed by atoms with van der Waals surface area (Å²) in [6.07, 6.45) is 0.468. The zero-order chi connectivity index (χ0) is 19.2. The molecule has 138 valence electrons. The summed E-state index contributed by atoms with van der Waals surface area (Å²) in [5, 5.41) is 5.27. The normalized spacial score (nSPS) is 11.8. The van der Waals surface area contributed by atoms with Gasteiger partial charge in [-0.05, 0) is 53.6 Å². The zero-order valence-corrected chi connectivity index (χ0v) is 15.6. The van der Waals surface area contributed by atoms with Crippen molar-refractivity contribution in [3.63, 3.8) is 0 Å². The van der Waals surface area contributed by atoms with Crippen LogP contribution in [0.5, 0.6) is 5.75 Å². The largest absolute Gasteiger partial charge is 0.484 e. The summed E-state index contributed by atoms with van der Waals surface area (Å²) < 4.78 is 5.52. The van der Waals surface area contributed by atoms with Gasteiger partial charge in [-0.15, -0.1) is 0 Å². The topological polar surface area (TPSA) is 55.4 Å². The monoisotopic (exact) mass is 361 g/mol. The highest BCUT2D eigenvalue weighted by Crippen LogP contribution is 2.20. The first-order valence-electron chi connectivity index (χ1n) is 9.11. The second kappa shape index (κ2) is 8.49. The van der Waals surface area contributed by atoms with E-state index in [4.69, 9.17) is 4.74 Å². The van der Waals surface area contributed by atoms with Gasteiger partial charge in [-0.25, -0.2) is 0 Å². The summed E-state index contributed by atoms with van der Waals surface area (Å²) in [6, 6.07) is 21.1. The fraction of sp³-hybridized carbons (Fsp3) is 0.217.